The van der Waals surface area contributed by atoms with E-state index >= 15 is 0 Å². The molecule has 0 saturated heterocycles. The van der Waals surface area contributed by atoms with E-state index < -0.39 is 11.9 Å². The molecule has 9 heteroatoms. The summed E-state index contributed by atoms with van der Waals surface area (Å²) >= 11 is 5.07. The zero-order chi connectivity index (χ0) is 18.7. The SMILES string of the molecule is NC(=O)Nc1cn(-c2ccc(Sc3cccc(Br)c3)cc2)nc1C(N)=O. The fraction of sp³-hybridized carbons (Fsp3) is 0. The topological polar surface area (TPSA) is 116 Å². The van der Waals surface area contributed by atoms with Gasteiger partial charge in [-0.25, -0.2) is 9.48 Å². The first-order chi connectivity index (χ1) is 12.4. The van der Waals surface area contributed by atoms with E-state index in [9.17, 15) is 9.59 Å². The Morgan fingerprint density at radius 3 is 2.42 bits per heavy atom. The summed E-state index contributed by atoms with van der Waals surface area (Å²) in [4.78, 5) is 24.7. The number of hydrogen-bond donors (Lipinski definition) is 3. The van der Waals surface area contributed by atoms with Gasteiger partial charge in [0.15, 0.2) is 5.69 Å². The van der Waals surface area contributed by atoms with E-state index in [1.165, 1.54) is 10.9 Å². The Morgan fingerprint density at radius 2 is 1.81 bits per heavy atom. The predicted molar refractivity (Wildman–Crippen MR) is 104 cm³/mol. The average Bonchev–Trinajstić information content (AvgIpc) is 2.99. The first-order valence-corrected chi connectivity index (χ1v) is 9.03. The van der Waals surface area contributed by atoms with E-state index in [4.69, 9.17) is 11.5 Å². The molecule has 0 saturated carbocycles. The molecule has 132 valence electrons. The van der Waals surface area contributed by atoms with Crippen LogP contribution in [0.1, 0.15) is 10.5 Å². The first kappa shape index (κ1) is 18.0. The quantitative estimate of drug-likeness (QED) is 0.573. The Labute approximate surface area is 161 Å². The van der Waals surface area contributed by atoms with Crippen molar-refractivity contribution in [1.29, 1.82) is 0 Å². The van der Waals surface area contributed by atoms with Gasteiger partial charge in [0.1, 0.15) is 0 Å². The summed E-state index contributed by atoms with van der Waals surface area (Å²) < 4.78 is 2.47. The lowest BCUT2D eigenvalue weighted by molar-refractivity contribution is 0.0996. The Morgan fingerprint density at radius 1 is 1.08 bits per heavy atom. The highest BCUT2D eigenvalue weighted by Crippen LogP contribution is 2.30. The second-order valence-electron chi connectivity index (χ2n) is 5.24. The highest BCUT2D eigenvalue weighted by molar-refractivity contribution is 9.10. The maximum absolute atomic E-state index is 11.5. The van der Waals surface area contributed by atoms with Crippen LogP contribution in [0.2, 0.25) is 0 Å². The third-order valence-corrected chi connectivity index (χ3v) is 4.83. The molecule has 3 aromatic rings. The summed E-state index contributed by atoms with van der Waals surface area (Å²) in [7, 11) is 0. The molecule has 0 atom stereocenters. The van der Waals surface area contributed by atoms with E-state index in [1.807, 2.05) is 48.5 Å². The van der Waals surface area contributed by atoms with Gasteiger partial charge in [-0.1, -0.05) is 33.8 Å². The monoisotopic (exact) mass is 431 g/mol. The van der Waals surface area contributed by atoms with Crippen LogP contribution in [-0.2, 0) is 0 Å². The van der Waals surface area contributed by atoms with Crippen molar-refractivity contribution in [2.45, 2.75) is 9.79 Å². The van der Waals surface area contributed by atoms with Crippen molar-refractivity contribution in [1.82, 2.24) is 9.78 Å². The summed E-state index contributed by atoms with van der Waals surface area (Å²) in [5.74, 6) is -0.755. The van der Waals surface area contributed by atoms with Crippen molar-refractivity contribution < 1.29 is 9.59 Å². The van der Waals surface area contributed by atoms with Gasteiger partial charge in [-0.15, -0.1) is 0 Å². The van der Waals surface area contributed by atoms with Gasteiger partial charge in [0.05, 0.1) is 17.6 Å². The largest absolute Gasteiger partial charge is 0.364 e. The third kappa shape index (κ3) is 4.24. The second kappa shape index (κ2) is 7.63. The third-order valence-electron chi connectivity index (χ3n) is 3.34. The van der Waals surface area contributed by atoms with E-state index in [2.05, 4.69) is 26.3 Å². The molecule has 1 aromatic heterocycles. The molecular weight excluding hydrogens is 418 g/mol. The number of nitrogens with zero attached hydrogens (tertiary/aromatic N) is 2. The molecule has 26 heavy (non-hydrogen) atoms. The number of nitrogens with one attached hydrogen (secondary N) is 1. The minimum Gasteiger partial charge on any atom is -0.364 e. The van der Waals surface area contributed by atoms with Gasteiger partial charge >= 0.3 is 6.03 Å². The lowest BCUT2D eigenvalue weighted by Gasteiger charge is -2.05. The summed E-state index contributed by atoms with van der Waals surface area (Å²) in [6, 6.07) is 14.8. The van der Waals surface area contributed by atoms with E-state index in [0.717, 1.165) is 14.3 Å². The minimum atomic E-state index is -0.798. The normalized spacial score (nSPS) is 10.5. The molecule has 0 unspecified atom stereocenters. The average molecular weight is 432 g/mol. The number of nitrogens with two attached hydrogens (primary N) is 2. The smallest absolute Gasteiger partial charge is 0.316 e. The zero-order valence-electron chi connectivity index (χ0n) is 13.3. The summed E-state index contributed by atoms with van der Waals surface area (Å²) in [5.41, 5.74) is 11.2. The predicted octanol–water partition coefficient (Wildman–Crippen LogP) is 3.38. The molecule has 1 heterocycles. The van der Waals surface area contributed by atoms with Crippen LogP contribution in [0.25, 0.3) is 5.69 Å². The number of benzene rings is 2. The van der Waals surface area contributed by atoms with Crippen molar-refractivity contribution >= 4 is 45.3 Å². The molecular formula is C17H14BrN5O2S. The van der Waals surface area contributed by atoms with Gasteiger partial charge in [-0.05, 0) is 42.5 Å². The fourth-order valence-corrected chi connectivity index (χ4v) is 3.67. The van der Waals surface area contributed by atoms with Crippen LogP contribution in [0.15, 0.2) is 69.0 Å². The molecule has 0 spiro atoms. The first-order valence-electron chi connectivity index (χ1n) is 7.42. The van der Waals surface area contributed by atoms with Crippen LogP contribution in [0.3, 0.4) is 0 Å². The Hall–Kier alpha value is -2.78. The number of carbonyl (C=O) groups is 2. The number of amides is 3. The van der Waals surface area contributed by atoms with Crippen LogP contribution >= 0.6 is 27.7 Å². The molecule has 3 amide bonds. The van der Waals surface area contributed by atoms with Crippen LogP contribution in [0.5, 0.6) is 0 Å². The number of halogens is 1. The molecule has 0 aliphatic heterocycles. The molecule has 0 radical (unpaired) electrons. The Bertz CT molecular complexity index is 972. The van der Waals surface area contributed by atoms with Gasteiger partial charge in [0.25, 0.3) is 5.91 Å². The van der Waals surface area contributed by atoms with Gasteiger partial charge in [0, 0.05) is 14.3 Å². The van der Waals surface area contributed by atoms with Crippen molar-refractivity contribution in [2.75, 3.05) is 5.32 Å². The maximum Gasteiger partial charge on any atom is 0.316 e. The maximum atomic E-state index is 11.5. The van der Waals surface area contributed by atoms with Crippen molar-refractivity contribution in [3.63, 3.8) is 0 Å². The number of rotatable bonds is 5. The highest BCUT2D eigenvalue weighted by atomic mass is 79.9. The summed E-state index contributed by atoms with van der Waals surface area (Å²) in [5, 5.41) is 6.46. The summed E-state index contributed by atoms with van der Waals surface area (Å²) in [6.45, 7) is 0. The fourth-order valence-electron chi connectivity index (χ4n) is 2.25. The van der Waals surface area contributed by atoms with Crippen LogP contribution in [0.4, 0.5) is 10.5 Å². The molecule has 7 nitrogen and oxygen atoms in total. The molecule has 0 bridgehead atoms. The van der Waals surface area contributed by atoms with Crippen molar-refractivity contribution in [2.24, 2.45) is 11.5 Å². The standard InChI is InChI=1S/C17H14BrN5O2S/c18-10-2-1-3-13(8-10)26-12-6-4-11(5-7-12)23-9-14(21-17(20)25)15(22-23)16(19)24/h1-9H,(H2,19,24)(H3,20,21,25). The molecule has 0 fully saturated rings. The van der Waals surface area contributed by atoms with Crippen molar-refractivity contribution in [3.05, 3.63) is 64.9 Å². The van der Waals surface area contributed by atoms with Crippen LogP contribution < -0.4 is 16.8 Å². The number of aromatic nitrogens is 2. The minimum absolute atomic E-state index is 0.0589. The van der Waals surface area contributed by atoms with Gasteiger partial charge in [-0.3, -0.25) is 4.79 Å². The number of carbonyl (C=O) groups excluding carboxylic acids is 2. The Balaban J connectivity index is 1.84. The van der Waals surface area contributed by atoms with Crippen LogP contribution in [0, 0.1) is 0 Å². The number of hydrogen-bond acceptors (Lipinski definition) is 4. The molecule has 0 aliphatic rings. The summed E-state index contributed by atoms with van der Waals surface area (Å²) in [6.07, 6.45) is 1.49. The molecule has 3 rings (SSSR count). The van der Waals surface area contributed by atoms with E-state index in [1.54, 1.807) is 11.8 Å². The van der Waals surface area contributed by atoms with E-state index in [-0.39, 0.29) is 11.4 Å². The molecule has 0 aliphatic carbocycles. The number of urea groups is 1. The Kier molecular flexibility index (Phi) is 5.29. The lowest BCUT2D eigenvalue weighted by atomic mass is 10.3. The van der Waals surface area contributed by atoms with Crippen LogP contribution in [-0.4, -0.2) is 21.7 Å². The number of anilines is 1. The van der Waals surface area contributed by atoms with Crippen molar-refractivity contribution in [3.8, 4) is 5.69 Å². The molecule has 5 N–H and O–H groups in total. The number of primary amides is 2. The zero-order valence-corrected chi connectivity index (χ0v) is 15.8. The van der Waals surface area contributed by atoms with Gasteiger partial charge in [0.2, 0.25) is 0 Å². The van der Waals surface area contributed by atoms with Gasteiger partial charge < -0.3 is 16.8 Å². The second-order valence-corrected chi connectivity index (χ2v) is 7.31. The molecule has 2 aromatic carbocycles. The lowest BCUT2D eigenvalue weighted by Crippen LogP contribution is -2.22. The van der Waals surface area contributed by atoms with Gasteiger partial charge in [-0.2, -0.15) is 5.10 Å². The van der Waals surface area contributed by atoms with E-state index in [0.29, 0.717) is 5.69 Å². The highest BCUT2D eigenvalue weighted by Gasteiger charge is 2.16.